The summed E-state index contributed by atoms with van der Waals surface area (Å²) in [7, 11) is 1.54. The smallest absolute Gasteiger partial charge is 0.410 e. The summed E-state index contributed by atoms with van der Waals surface area (Å²) in [6, 6.07) is 0.370. The molecule has 110 valence electrons. The molecule has 2 heterocycles. The number of likely N-dealkylation sites (tertiary alicyclic amines) is 1. The number of methoxy groups -OCH3 is 1. The predicted molar refractivity (Wildman–Crippen MR) is 73.9 cm³/mol. The van der Waals surface area contributed by atoms with Crippen molar-refractivity contribution in [3.05, 3.63) is 17.5 Å². The summed E-state index contributed by atoms with van der Waals surface area (Å²) in [4.78, 5) is 21.9. The van der Waals surface area contributed by atoms with E-state index in [4.69, 9.17) is 9.47 Å². The number of ether oxygens (including phenoxy) is 2. The van der Waals surface area contributed by atoms with Gasteiger partial charge < -0.3 is 14.4 Å². The Bertz CT molecular complexity index is 505. The molecule has 1 aromatic heterocycles. The molecule has 1 aromatic rings. The number of carbonyl (C=O) groups is 1. The van der Waals surface area contributed by atoms with E-state index in [1.165, 1.54) is 0 Å². The van der Waals surface area contributed by atoms with Gasteiger partial charge in [0.2, 0.25) is 0 Å². The molecule has 1 saturated heterocycles. The van der Waals surface area contributed by atoms with Gasteiger partial charge in [-0.25, -0.2) is 14.8 Å². The monoisotopic (exact) mass is 279 g/mol. The van der Waals surface area contributed by atoms with Crippen molar-refractivity contribution in [3.63, 3.8) is 0 Å². The van der Waals surface area contributed by atoms with E-state index in [1.807, 2.05) is 27.7 Å². The maximum atomic E-state index is 11.9. The quantitative estimate of drug-likeness (QED) is 0.829. The maximum Gasteiger partial charge on any atom is 0.410 e. The summed E-state index contributed by atoms with van der Waals surface area (Å²) in [6.07, 6.45) is 1.51. The van der Waals surface area contributed by atoms with Crippen LogP contribution >= 0.6 is 0 Å². The maximum absolute atomic E-state index is 11.9. The highest BCUT2D eigenvalue weighted by Crippen LogP contribution is 2.29. The number of carbonyl (C=O) groups excluding carboxylic acids is 1. The van der Waals surface area contributed by atoms with Crippen LogP contribution in [0.4, 0.5) is 4.79 Å². The van der Waals surface area contributed by atoms with Gasteiger partial charge in [-0.15, -0.1) is 0 Å². The van der Waals surface area contributed by atoms with Gasteiger partial charge >= 0.3 is 12.1 Å². The van der Waals surface area contributed by atoms with E-state index in [2.05, 4.69) is 9.97 Å². The van der Waals surface area contributed by atoms with Crippen LogP contribution in [0.3, 0.4) is 0 Å². The van der Waals surface area contributed by atoms with Crippen molar-refractivity contribution >= 4 is 6.09 Å². The molecule has 0 bridgehead atoms. The third-order valence-electron chi connectivity index (χ3n) is 3.15. The van der Waals surface area contributed by atoms with Crippen molar-refractivity contribution in [2.24, 2.45) is 0 Å². The van der Waals surface area contributed by atoms with Gasteiger partial charge in [0.25, 0.3) is 0 Å². The summed E-state index contributed by atoms with van der Waals surface area (Å²) < 4.78 is 10.3. The topological polar surface area (TPSA) is 64.5 Å². The second kappa shape index (κ2) is 5.26. The average Bonchev–Trinajstić information content (AvgIpc) is 2.26. The van der Waals surface area contributed by atoms with E-state index in [0.29, 0.717) is 19.1 Å². The molecule has 1 fully saturated rings. The van der Waals surface area contributed by atoms with Crippen LogP contribution < -0.4 is 4.74 Å². The fraction of sp³-hybridized carbons (Fsp3) is 0.643. The molecule has 1 amide bonds. The summed E-state index contributed by atoms with van der Waals surface area (Å²) in [5, 5.41) is 0. The summed E-state index contributed by atoms with van der Waals surface area (Å²) in [6.45, 7) is 8.81. The van der Waals surface area contributed by atoms with Gasteiger partial charge in [-0.1, -0.05) is 0 Å². The number of hydrogen-bond donors (Lipinski definition) is 0. The van der Waals surface area contributed by atoms with Crippen LogP contribution in [0.15, 0.2) is 6.20 Å². The molecule has 0 aromatic carbocycles. The third-order valence-corrected chi connectivity index (χ3v) is 3.15. The summed E-state index contributed by atoms with van der Waals surface area (Å²) in [5.74, 6) is 0.272. The molecule has 0 spiro atoms. The number of nitrogens with zero attached hydrogens (tertiary/aromatic N) is 3. The van der Waals surface area contributed by atoms with Gasteiger partial charge in [0.1, 0.15) is 5.60 Å². The first-order valence-corrected chi connectivity index (χ1v) is 6.65. The fourth-order valence-corrected chi connectivity index (χ4v) is 2.11. The number of rotatable bonds is 2. The normalized spacial score (nSPS) is 15.8. The Balaban J connectivity index is 1.95. The first-order valence-electron chi connectivity index (χ1n) is 6.65. The molecule has 2 rings (SSSR count). The van der Waals surface area contributed by atoms with Crippen LogP contribution in [0.5, 0.6) is 6.01 Å². The average molecular weight is 279 g/mol. The standard InChI is InChI=1S/C14H21N3O3/c1-9-11(6-15-12(16-9)19-5)10-7-17(8-10)13(18)20-14(2,3)4/h6,10H,7-8H2,1-5H3. The van der Waals surface area contributed by atoms with Gasteiger partial charge in [-0.2, -0.15) is 0 Å². The van der Waals surface area contributed by atoms with E-state index in [-0.39, 0.29) is 12.0 Å². The van der Waals surface area contributed by atoms with Crippen LogP contribution in [0.2, 0.25) is 0 Å². The molecule has 0 saturated carbocycles. The van der Waals surface area contributed by atoms with Crippen molar-refractivity contribution in [1.82, 2.24) is 14.9 Å². The SMILES string of the molecule is COc1ncc(C2CN(C(=O)OC(C)(C)C)C2)c(C)n1. The molecule has 20 heavy (non-hydrogen) atoms. The lowest BCUT2D eigenvalue weighted by Crippen LogP contribution is -2.50. The Morgan fingerprint density at radius 3 is 2.55 bits per heavy atom. The first kappa shape index (κ1) is 14.6. The van der Waals surface area contributed by atoms with E-state index >= 15 is 0 Å². The zero-order chi connectivity index (χ0) is 14.9. The molecule has 1 aliphatic heterocycles. The molecule has 0 unspecified atom stereocenters. The fourth-order valence-electron chi connectivity index (χ4n) is 2.11. The summed E-state index contributed by atoms with van der Waals surface area (Å²) in [5.41, 5.74) is 1.50. The van der Waals surface area contributed by atoms with Gasteiger partial charge in [0.05, 0.1) is 7.11 Å². The lowest BCUT2D eigenvalue weighted by Gasteiger charge is -2.40. The van der Waals surface area contributed by atoms with Crippen molar-refractivity contribution in [1.29, 1.82) is 0 Å². The minimum absolute atomic E-state index is 0.263. The highest BCUT2D eigenvalue weighted by molar-refractivity contribution is 5.69. The third kappa shape index (κ3) is 3.18. The molecular weight excluding hydrogens is 258 g/mol. The van der Waals surface area contributed by atoms with Gasteiger partial charge in [0.15, 0.2) is 0 Å². The minimum atomic E-state index is -0.457. The van der Waals surface area contributed by atoms with Crippen molar-refractivity contribution in [3.8, 4) is 6.01 Å². The van der Waals surface area contributed by atoms with Crippen LogP contribution in [0.1, 0.15) is 37.9 Å². The van der Waals surface area contributed by atoms with Crippen LogP contribution in [-0.4, -0.2) is 46.8 Å². The van der Waals surface area contributed by atoms with E-state index < -0.39 is 5.60 Å². The first-order chi connectivity index (χ1) is 9.30. The Morgan fingerprint density at radius 1 is 1.40 bits per heavy atom. The summed E-state index contributed by atoms with van der Waals surface area (Å²) >= 11 is 0. The van der Waals surface area contributed by atoms with E-state index in [1.54, 1.807) is 18.2 Å². The van der Waals surface area contributed by atoms with Gasteiger partial charge in [-0.05, 0) is 33.3 Å². The number of aryl methyl sites for hydroxylation is 1. The second-order valence-electron chi connectivity index (χ2n) is 5.98. The highest BCUT2D eigenvalue weighted by Gasteiger charge is 2.35. The Kier molecular flexibility index (Phi) is 3.83. The number of hydrogen-bond acceptors (Lipinski definition) is 5. The molecule has 0 radical (unpaired) electrons. The molecule has 0 N–H and O–H groups in total. The van der Waals surface area contributed by atoms with Crippen molar-refractivity contribution < 1.29 is 14.3 Å². The van der Waals surface area contributed by atoms with Crippen molar-refractivity contribution in [2.45, 2.75) is 39.2 Å². The Hall–Kier alpha value is -1.85. The lowest BCUT2D eigenvalue weighted by atomic mass is 9.92. The van der Waals surface area contributed by atoms with Crippen LogP contribution in [0.25, 0.3) is 0 Å². The van der Waals surface area contributed by atoms with Crippen molar-refractivity contribution in [2.75, 3.05) is 20.2 Å². The molecule has 6 nitrogen and oxygen atoms in total. The number of aromatic nitrogens is 2. The second-order valence-corrected chi connectivity index (χ2v) is 5.98. The van der Waals surface area contributed by atoms with E-state index in [0.717, 1.165) is 11.3 Å². The van der Waals surface area contributed by atoms with Crippen LogP contribution in [-0.2, 0) is 4.74 Å². The Labute approximate surface area is 119 Å². The number of amides is 1. The molecule has 1 aliphatic rings. The Morgan fingerprint density at radius 2 is 2.05 bits per heavy atom. The lowest BCUT2D eigenvalue weighted by molar-refractivity contribution is 0.00806. The zero-order valence-electron chi connectivity index (χ0n) is 12.6. The molecule has 0 atom stereocenters. The largest absolute Gasteiger partial charge is 0.467 e. The molecule has 6 heteroatoms. The van der Waals surface area contributed by atoms with Gasteiger partial charge in [-0.3, -0.25) is 0 Å². The van der Waals surface area contributed by atoms with Gasteiger partial charge in [0, 0.05) is 30.9 Å². The van der Waals surface area contributed by atoms with E-state index in [9.17, 15) is 4.79 Å². The minimum Gasteiger partial charge on any atom is -0.467 e. The molecule has 0 aliphatic carbocycles. The highest BCUT2D eigenvalue weighted by atomic mass is 16.6. The van der Waals surface area contributed by atoms with Crippen LogP contribution in [0, 0.1) is 6.92 Å². The predicted octanol–water partition coefficient (Wildman–Crippen LogP) is 2.13. The zero-order valence-corrected chi connectivity index (χ0v) is 12.6. The molecular formula is C14H21N3O3.